The smallest absolute Gasteiger partial charge is 0.263 e. The molecule has 2 rings (SSSR count). The van der Waals surface area contributed by atoms with Crippen molar-refractivity contribution >= 4 is 39.0 Å². The minimum atomic E-state index is -3.74. The zero-order chi connectivity index (χ0) is 14.0. The van der Waals surface area contributed by atoms with Gasteiger partial charge in [0.2, 0.25) is 0 Å². The van der Waals surface area contributed by atoms with E-state index in [4.69, 9.17) is 23.2 Å². The number of nitrogens with one attached hydrogen (secondary N) is 1. The molecule has 8 heteroatoms. The van der Waals surface area contributed by atoms with Gasteiger partial charge in [0.05, 0.1) is 11.1 Å². The van der Waals surface area contributed by atoms with Crippen molar-refractivity contribution in [2.45, 2.75) is 18.4 Å². The van der Waals surface area contributed by atoms with Crippen LogP contribution in [0.5, 0.6) is 0 Å². The zero-order valence-corrected chi connectivity index (χ0v) is 12.3. The highest BCUT2D eigenvalue weighted by Crippen LogP contribution is 2.24. The molecule has 0 unspecified atom stereocenters. The van der Waals surface area contributed by atoms with Crippen molar-refractivity contribution in [2.24, 2.45) is 0 Å². The molecule has 0 amide bonds. The third kappa shape index (κ3) is 3.20. The molecule has 0 aliphatic rings. The van der Waals surface area contributed by atoms with Gasteiger partial charge in [-0.3, -0.25) is 4.72 Å². The quantitative estimate of drug-likeness (QED) is 0.942. The zero-order valence-electron chi connectivity index (χ0n) is 9.97. The summed E-state index contributed by atoms with van der Waals surface area (Å²) in [5.74, 6) is 0.388. The average molecular weight is 320 g/mol. The Balaban J connectivity index is 2.38. The van der Waals surface area contributed by atoms with Gasteiger partial charge < -0.3 is 0 Å². The van der Waals surface area contributed by atoms with Gasteiger partial charge in [0.25, 0.3) is 10.0 Å². The molecule has 0 atom stereocenters. The van der Waals surface area contributed by atoms with Crippen molar-refractivity contribution < 1.29 is 8.42 Å². The summed E-state index contributed by atoms with van der Waals surface area (Å²) in [6, 6.07) is 5.72. The number of hydrogen-bond acceptors (Lipinski definition) is 3. The second kappa shape index (κ2) is 5.40. The van der Waals surface area contributed by atoms with E-state index in [9.17, 15) is 8.42 Å². The summed E-state index contributed by atoms with van der Waals surface area (Å²) in [5.41, 5.74) is 0. The maximum Gasteiger partial charge on any atom is 0.263 e. The number of aromatic nitrogens is 2. The first-order valence-electron chi connectivity index (χ1n) is 5.43. The van der Waals surface area contributed by atoms with Crippen LogP contribution in [0.25, 0.3) is 0 Å². The number of rotatable bonds is 4. The minimum absolute atomic E-state index is 0.00820. The van der Waals surface area contributed by atoms with E-state index in [1.54, 1.807) is 6.07 Å². The highest BCUT2D eigenvalue weighted by atomic mass is 35.5. The molecular weight excluding hydrogens is 309 g/mol. The fourth-order valence-corrected chi connectivity index (χ4v) is 3.34. The van der Waals surface area contributed by atoms with Gasteiger partial charge in [-0.25, -0.2) is 13.1 Å². The molecule has 0 radical (unpaired) electrons. The van der Waals surface area contributed by atoms with Crippen LogP contribution in [0.15, 0.2) is 35.4 Å². The molecule has 0 aliphatic carbocycles. The molecule has 0 saturated carbocycles. The predicted octanol–water partition coefficient (Wildman–Crippen LogP) is 3.01. The third-order valence-corrected chi connectivity index (χ3v) is 4.17. The van der Waals surface area contributed by atoms with Crippen LogP contribution >= 0.6 is 23.2 Å². The Morgan fingerprint density at radius 3 is 2.47 bits per heavy atom. The fraction of sp³-hybridized carbons (Fsp3) is 0.182. The third-order valence-electron chi connectivity index (χ3n) is 2.40. The number of anilines is 1. The number of nitrogens with zero attached hydrogens (tertiary/aromatic N) is 2. The number of halogens is 2. The molecule has 0 fully saturated rings. The molecule has 1 N–H and O–H groups in total. The van der Waals surface area contributed by atoms with Crippen molar-refractivity contribution in [1.82, 2.24) is 9.78 Å². The molecule has 1 aromatic heterocycles. The summed E-state index contributed by atoms with van der Waals surface area (Å²) < 4.78 is 28.4. The molecular formula is C11H11Cl2N3O2S. The minimum Gasteiger partial charge on any atom is -0.264 e. The lowest BCUT2D eigenvalue weighted by atomic mass is 10.4. The van der Waals surface area contributed by atoms with E-state index in [1.165, 1.54) is 29.1 Å². The Kier molecular flexibility index (Phi) is 4.03. The number of hydrogen-bond donors (Lipinski definition) is 1. The summed E-state index contributed by atoms with van der Waals surface area (Å²) in [7, 11) is -3.74. The van der Waals surface area contributed by atoms with Gasteiger partial charge in [0.15, 0.2) is 0 Å². The molecule has 102 valence electrons. The SMILES string of the molecule is CCn1nccc1NS(=O)(=O)c1cc(Cl)cc(Cl)c1. The highest BCUT2D eigenvalue weighted by molar-refractivity contribution is 7.92. The molecule has 5 nitrogen and oxygen atoms in total. The van der Waals surface area contributed by atoms with Crippen LogP contribution in [-0.2, 0) is 16.6 Å². The van der Waals surface area contributed by atoms with Crippen LogP contribution in [0.3, 0.4) is 0 Å². The Hall–Kier alpha value is -1.24. The largest absolute Gasteiger partial charge is 0.264 e. The van der Waals surface area contributed by atoms with E-state index in [2.05, 4.69) is 9.82 Å². The number of sulfonamides is 1. The lowest BCUT2D eigenvalue weighted by molar-refractivity contribution is 0.599. The van der Waals surface area contributed by atoms with Crippen LogP contribution in [0.4, 0.5) is 5.82 Å². The van der Waals surface area contributed by atoms with Gasteiger partial charge in [-0.05, 0) is 25.1 Å². The van der Waals surface area contributed by atoms with E-state index in [1.807, 2.05) is 6.92 Å². The van der Waals surface area contributed by atoms with Crippen LogP contribution in [0, 0.1) is 0 Å². The Labute approximate surface area is 121 Å². The van der Waals surface area contributed by atoms with Gasteiger partial charge in [0, 0.05) is 22.7 Å². The van der Waals surface area contributed by atoms with E-state index in [0.29, 0.717) is 12.4 Å². The van der Waals surface area contributed by atoms with Gasteiger partial charge in [-0.2, -0.15) is 5.10 Å². The molecule has 2 aromatic rings. The number of aryl methyl sites for hydroxylation is 1. The molecule has 0 bridgehead atoms. The normalized spacial score (nSPS) is 11.5. The second-order valence-corrected chi connectivity index (χ2v) is 6.30. The van der Waals surface area contributed by atoms with Crippen molar-refractivity contribution in [3.8, 4) is 0 Å². The lowest BCUT2D eigenvalue weighted by Crippen LogP contribution is -2.16. The molecule has 1 heterocycles. The second-order valence-electron chi connectivity index (χ2n) is 3.74. The molecule has 0 aliphatic heterocycles. The predicted molar refractivity (Wildman–Crippen MR) is 75.2 cm³/mol. The van der Waals surface area contributed by atoms with E-state index in [0.717, 1.165) is 0 Å². The van der Waals surface area contributed by atoms with Crippen molar-refractivity contribution in [1.29, 1.82) is 0 Å². The first kappa shape index (κ1) is 14.2. The first-order valence-corrected chi connectivity index (χ1v) is 7.67. The van der Waals surface area contributed by atoms with Crippen LogP contribution in [-0.4, -0.2) is 18.2 Å². The molecule has 0 saturated heterocycles. The van der Waals surface area contributed by atoms with Crippen LogP contribution in [0.1, 0.15) is 6.92 Å². The topological polar surface area (TPSA) is 64.0 Å². The lowest BCUT2D eigenvalue weighted by Gasteiger charge is -2.09. The average Bonchev–Trinajstić information content (AvgIpc) is 2.74. The van der Waals surface area contributed by atoms with Crippen LogP contribution in [0.2, 0.25) is 10.0 Å². The van der Waals surface area contributed by atoms with Crippen molar-refractivity contribution in [3.63, 3.8) is 0 Å². The highest BCUT2D eigenvalue weighted by Gasteiger charge is 2.17. The molecule has 1 aromatic carbocycles. The van der Waals surface area contributed by atoms with Crippen molar-refractivity contribution in [3.05, 3.63) is 40.5 Å². The fourth-order valence-electron chi connectivity index (χ4n) is 1.55. The summed E-state index contributed by atoms with van der Waals surface area (Å²) in [6.45, 7) is 2.42. The maximum atomic E-state index is 12.2. The number of benzene rings is 1. The van der Waals surface area contributed by atoms with E-state index in [-0.39, 0.29) is 14.9 Å². The van der Waals surface area contributed by atoms with Gasteiger partial charge in [0.1, 0.15) is 5.82 Å². The Morgan fingerprint density at radius 2 is 1.89 bits per heavy atom. The summed E-state index contributed by atoms with van der Waals surface area (Å²) in [6.07, 6.45) is 1.52. The van der Waals surface area contributed by atoms with E-state index < -0.39 is 10.0 Å². The Bertz CT molecular complexity index is 677. The maximum absolute atomic E-state index is 12.2. The van der Waals surface area contributed by atoms with Gasteiger partial charge in [-0.15, -0.1) is 0 Å². The van der Waals surface area contributed by atoms with Crippen LogP contribution < -0.4 is 4.72 Å². The Morgan fingerprint density at radius 1 is 1.26 bits per heavy atom. The monoisotopic (exact) mass is 319 g/mol. The summed E-state index contributed by atoms with van der Waals surface area (Å²) >= 11 is 11.6. The van der Waals surface area contributed by atoms with Gasteiger partial charge >= 0.3 is 0 Å². The van der Waals surface area contributed by atoms with E-state index >= 15 is 0 Å². The van der Waals surface area contributed by atoms with Gasteiger partial charge in [-0.1, -0.05) is 23.2 Å². The molecule has 0 spiro atoms. The van der Waals surface area contributed by atoms with Crippen molar-refractivity contribution in [2.75, 3.05) is 4.72 Å². The molecule has 19 heavy (non-hydrogen) atoms. The first-order chi connectivity index (χ1) is 8.92. The standard InChI is InChI=1S/C11H11Cl2N3O2S/c1-2-16-11(3-4-14-16)15-19(17,18)10-6-8(12)5-9(13)7-10/h3-7,15H,2H2,1H3. The summed E-state index contributed by atoms with van der Waals surface area (Å²) in [5, 5.41) is 4.51. The summed E-state index contributed by atoms with van der Waals surface area (Å²) in [4.78, 5) is 0.00820.